The third-order valence-electron chi connectivity index (χ3n) is 5.78. The third kappa shape index (κ3) is 5.63. The van der Waals surface area contributed by atoms with E-state index in [0.29, 0.717) is 18.9 Å². The Labute approximate surface area is 173 Å². The number of urea groups is 1. The van der Waals surface area contributed by atoms with Gasteiger partial charge in [-0.3, -0.25) is 9.69 Å². The van der Waals surface area contributed by atoms with E-state index in [4.69, 9.17) is 4.74 Å². The molecule has 0 saturated carbocycles. The molecule has 0 unspecified atom stereocenters. The number of likely N-dealkylation sites (N-methyl/N-ethyl adjacent to an activating group) is 1. The number of piperidine rings is 1. The number of amides is 3. The van der Waals surface area contributed by atoms with Crippen molar-refractivity contribution >= 4 is 11.9 Å². The lowest BCUT2D eigenvalue weighted by atomic mass is 10.0. The molecule has 0 bridgehead atoms. The van der Waals surface area contributed by atoms with Crippen LogP contribution in [0.25, 0.3) is 0 Å². The van der Waals surface area contributed by atoms with Crippen LogP contribution in [-0.2, 0) is 4.79 Å². The number of nitrogens with one attached hydrogen (secondary N) is 2. The zero-order chi connectivity index (χ0) is 20.8. The van der Waals surface area contributed by atoms with Crippen LogP contribution in [0.2, 0.25) is 0 Å². The van der Waals surface area contributed by atoms with Crippen LogP contribution in [0.5, 0.6) is 5.75 Å². The number of carbonyl (C=O) groups is 2. The van der Waals surface area contributed by atoms with Crippen molar-refractivity contribution in [1.29, 1.82) is 0 Å². The minimum atomic E-state index is -0.181. The molecule has 160 valence electrons. The Bertz CT molecular complexity index is 674. The average Bonchev–Trinajstić information content (AvgIpc) is 3.16. The summed E-state index contributed by atoms with van der Waals surface area (Å²) in [5.41, 5.74) is 0. The molecule has 2 N–H and O–H groups in total. The van der Waals surface area contributed by atoms with Crippen LogP contribution in [0.1, 0.15) is 33.1 Å². The Kier molecular flexibility index (Phi) is 7.36. The molecular weight excluding hydrogens is 368 g/mol. The molecule has 7 nitrogen and oxygen atoms in total. The summed E-state index contributed by atoms with van der Waals surface area (Å²) in [6.45, 7) is 7.05. The molecule has 3 rings (SSSR count). The Morgan fingerprint density at radius 3 is 2.48 bits per heavy atom. The Morgan fingerprint density at radius 1 is 1.17 bits per heavy atom. The largest absolute Gasteiger partial charge is 0.489 e. The monoisotopic (exact) mass is 402 g/mol. The first-order valence-corrected chi connectivity index (χ1v) is 10.7. The highest BCUT2D eigenvalue weighted by Gasteiger charge is 2.42. The molecule has 3 amide bonds. The van der Waals surface area contributed by atoms with Gasteiger partial charge in [-0.1, -0.05) is 32.0 Å². The molecule has 1 aromatic carbocycles. The molecular formula is C22H34N4O3. The van der Waals surface area contributed by atoms with E-state index in [1.165, 1.54) is 0 Å². The molecule has 0 aromatic heterocycles. The Balaban J connectivity index is 1.57. The van der Waals surface area contributed by atoms with Crippen LogP contribution in [-0.4, -0.2) is 73.2 Å². The molecule has 2 saturated heterocycles. The zero-order valence-electron chi connectivity index (χ0n) is 17.8. The summed E-state index contributed by atoms with van der Waals surface area (Å²) >= 11 is 0. The van der Waals surface area contributed by atoms with Gasteiger partial charge in [-0.05, 0) is 30.9 Å². The van der Waals surface area contributed by atoms with Gasteiger partial charge in [0.15, 0.2) is 0 Å². The maximum absolute atomic E-state index is 12.5. The van der Waals surface area contributed by atoms with Crippen molar-refractivity contribution < 1.29 is 14.3 Å². The number of para-hydroxylation sites is 1. The van der Waals surface area contributed by atoms with E-state index in [0.717, 1.165) is 38.2 Å². The van der Waals surface area contributed by atoms with E-state index in [9.17, 15) is 9.59 Å². The maximum atomic E-state index is 12.5. The molecule has 2 atom stereocenters. The van der Waals surface area contributed by atoms with E-state index in [1.54, 1.807) is 7.05 Å². The highest BCUT2D eigenvalue weighted by molar-refractivity contribution is 5.82. The predicted octanol–water partition coefficient (Wildman–Crippen LogP) is 2.08. The maximum Gasteiger partial charge on any atom is 0.317 e. The van der Waals surface area contributed by atoms with Crippen molar-refractivity contribution in [3.63, 3.8) is 0 Å². The van der Waals surface area contributed by atoms with Crippen LogP contribution in [0.15, 0.2) is 30.3 Å². The number of carbonyl (C=O) groups excluding carboxylic acids is 2. The van der Waals surface area contributed by atoms with Gasteiger partial charge in [-0.15, -0.1) is 0 Å². The van der Waals surface area contributed by atoms with Crippen LogP contribution in [0.4, 0.5) is 4.79 Å². The van der Waals surface area contributed by atoms with Crippen molar-refractivity contribution in [2.75, 3.05) is 33.2 Å². The Morgan fingerprint density at radius 2 is 1.86 bits per heavy atom. The SMILES string of the molecule is CNC(=O)[C@@H]1C[C@H](Oc2ccccc2)CN1C1CCN(C(=O)NCC(C)C)CC1. The van der Waals surface area contributed by atoms with Gasteiger partial charge in [0, 0.05) is 45.7 Å². The summed E-state index contributed by atoms with van der Waals surface area (Å²) in [5.74, 6) is 1.32. The van der Waals surface area contributed by atoms with Crippen LogP contribution < -0.4 is 15.4 Å². The minimum absolute atomic E-state index is 0.00734. The lowest BCUT2D eigenvalue weighted by molar-refractivity contribution is -0.126. The fraction of sp³-hybridized carbons (Fsp3) is 0.636. The summed E-state index contributed by atoms with van der Waals surface area (Å²) in [6, 6.07) is 9.91. The number of hydrogen-bond acceptors (Lipinski definition) is 4. The van der Waals surface area contributed by atoms with Gasteiger partial charge >= 0.3 is 6.03 Å². The fourth-order valence-corrected chi connectivity index (χ4v) is 4.23. The predicted molar refractivity (Wildman–Crippen MR) is 113 cm³/mol. The number of ether oxygens (including phenoxy) is 1. The van der Waals surface area contributed by atoms with Gasteiger partial charge in [-0.25, -0.2) is 4.79 Å². The van der Waals surface area contributed by atoms with Gasteiger partial charge in [0.25, 0.3) is 0 Å². The molecule has 2 fully saturated rings. The Hall–Kier alpha value is -2.28. The first-order chi connectivity index (χ1) is 14.0. The van der Waals surface area contributed by atoms with E-state index in [1.807, 2.05) is 35.2 Å². The van der Waals surface area contributed by atoms with Crippen LogP contribution in [0.3, 0.4) is 0 Å². The van der Waals surface area contributed by atoms with Crippen LogP contribution >= 0.6 is 0 Å². The van der Waals surface area contributed by atoms with Crippen molar-refractivity contribution in [2.24, 2.45) is 5.92 Å². The second-order valence-corrected chi connectivity index (χ2v) is 8.41. The number of nitrogens with zero attached hydrogens (tertiary/aromatic N) is 2. The zero-order valence-corrected chi connectivity index (χ0v) is 17.8. The molecule has 7 heteroatoms. The van der Waals surface area contributed by atoms with Gasteiger partial charge in [0.1, 0.15) is 11.9 Å². The molecule has 2 aliphatic heterocycles. The average molecular weight is 403 g/mol. The quantitative estimate of drug-likeness (QED) is 0.764. The van der Waals surface area contributed by atoms with Crippen molar-refractivity contribution in [3.05, 3.63) is 30.3 Å². The van der Waals surface area contributed by atoms with E-state index < -0.39 is 0 Å². The molecule has 0 spiro atoms. The summed E-state index contributed by atoms with van der Waals surface area (Å²) in [4.78, 5) is 29.0. The summed E-state index contributed by atoms with van der Waals surface area (Å²) in [6.07, 6.45) is 2.43. The van der Waals surface area contributed by atoms with Gasteiger partial charge in [0.2, 0.25) is 5.91 Å². The minimum Gasteiger partial charge on any atom is -0.489 e. The molecule has 29 heavy (non-hydrogen) atoms. The molecule has 2 aliphatic rings. The highest BCUT2D eigenvalue weighted by Crippen LogP contribution is 2.29. The van der Waals surface area contributed by atoms with Crippen molar-refractivity contribution in [2.45, 2.75) is 51.3 Å². The summed E-state index contributed by atoms with van der Waals surface area (Å²) in [7, 11) is 1.69. The van der Waals surface area contributed by atoms with E-state index in [-0.39, 0.29) is 30.1 Å². The van der Waals surface area contributed by atoms with Crippen molar-refractivity contribution in [3.8, 4) is 5.75 Å². The first kappa shape index (κ1) is 21.4. The molecule has 1 aromatic rings. The van der Waals surface area contributed by atoms with Crippen molar-refractivity contribution in [1.82, 2.24) is 20.4 Å². The topological polar surface area (TPSA) is 73.9 Å². The number of hydrogen-bond donors (Lipinski definition) is 2. The summed E-state index contributed by atoms with van der Waals surface area (Å²) in [5, 5.41) is 5.80. The second kappa shape index (κ2) is 9.96. The number of rotatable bonds is 6. The standard InChI is InChI=1S/C22H34N4O3/c1-16(2)14-24-22(28)25-11-9-17(10-12-25)26-15-19(13-20(26)21(27)23-3)29-18-7-5-4-6-8-18/h4-8,16-17,19-20H,9-15H2,1-3H3,(H,23,27)(H,24,28)/t19-,20-/m0/s1. The van der Waals surface area contributed by atoms with Gasteiger partial charge in [0.05, 0.1) is 6.04 Å². The van der Waals surface area contributed by atoms with E-state index in [2.05, 4.69) is 29.4 Å². The molecule has 0 radical (unpaired) electrons. The number of benzene rings is 1. The second-order valence-electron chi connectivity index (χ2n) is 8.41. The van der Waals surface area contributed by atoms with Gasteiger partial charge in [-0.2, -0.15) is 0 Å². The number of likely N-dealkylation sites (tertiary alicyclic amines) is 2. The third-order valence-corrected chi connectivity index (χ3v) is 5.78. The fourth-order valence-electron chi connectivity index (χ4n) is 4.23. The smallest absolute Gasteiger partial charge is 0.317 e. The molecule has 2 heterocycles. The lowest BCUT2D eigenvalue weighted by Crippen LogP contribution is -2.53. The molecule has 0 aliphatic carbocycles. The van der Waals surface area contributed by atoms with E-state index >= 15 is 0 Å². The van der Waals surface area contributed by atoms with Gasteiger partial charge < -0.3 is 20.3 Å². The lowest BCUT2D eigenvalue weighted by Gasteiger charge is -2.38. The normalized spacial score (nSPS) is 23.2. The summed E-state index contributed by atoms with van der Waals surface area (Å²) < 4.78 is 6.14. The highest BCUT2D eigenvalue weighted by atomic mass is 16.5. The first-order valence-electron chi connectivity index (χ1n) is 10.7. The van der Waals surface area contributed by atoms with Crippen LogP contribution in [0, 0.1) is 5.92 Å².